The Balaban J connectivity index is 1.81. The third-order valence-corrected chi connectivity index (χ3v) is 4.75. The van der Waals surface area contributed by atoms with Crippen molar-refractivity contribution in [3.63, 3.8) is 0 Å². The van der Waals surface area contributed by atoms with E-state index in [2.05, 4.69) is 32.9 Å². The van der Waals surface area contributed by atoms with Gasteiger partial charge in [-0.15, -0.1) is 0 Å². The normalized spacial score (nSPS) is 13.0. The molecule has 0 saturated heterocycles. The quantitative estimate of drug-likeness (QED) is 0.257. The smallest absolute Gasteiger partial charge is 0.338 e. The molecule has 2 atom stereocenters. The van der Waals surface area contributed by atoms with Crippen LogP contribution in [0.15, 0.2) is 54.6 Å². The highest BCUT2D eigenvalue weighted by Crippen LogP contribution is 2.23. The van der Waals surface area contributed by atoms with Crippen molar-refractivity contribution in [2.24, 2.45) is 0 Å². The summed E-state index contributed by atoms with van der Waals surface area (Å²) in [5, 5.41) is 0. The highest BCUT2D eigenvalue weighted by atomic mass is 16.7. The second-order valence-electron chi connectivity index (χ2n) is 6.94. The average molecular weight is 385 g/mol. The standard InChI is InChI=1S/C24H32O4/c1-4-6-12-23(28-22-15-13-20(14-16-22)19(3)5-2)26-17-18-27-24(25)21-10-8-7-9-11-21/h7-11,13-16,19,23H,4-6,12,17-18H2,1-3H3. The van der Waals surface area contributed by atoms with Gasteiger partial charge in [0.05, 0.1) is 12.2 Å². The molecular formula is C24H32O4. The van der Waals surface area contributed by atoms with Crippen molar-refractivity contribution in [2.45, 2.75) is 58.7 Å². The summed E-state index contributed by atoms with van der Waals surface area (Å²) in [7, 11) is 0. The van der Waals surface area contributed by atoms with Crippen molar-refractivity contribution in [3.05, 3.63) is 65.7 Å². The molecule has 0 aromatic heterocycles. The lowest BCUT2D eigenvalue weighted by Crippen LogP contribution is -2.23. The van der Waals surface area contributed by atoms with Crippen LogP contribution in [0.5, 0.6) is 5.75 Å². The van der Waals surface area contributed by atoms with Gasteiger partial charge in [0.1, 0.15) is 12.4 Å². The number of unbranched alkanes of at least 4 members (excludes halogenated alkanes) is 1. The van der Waals surface area contributed by atoms with E-state index < -0.39 is 0 Å². The Morgan fingerprint density at radius 3 is 2.32 bits per heavy atom. The molecule has 2 rings (SSSR count). The van der Waals surface area contributed by atoms with E-state index >= 15 is 0 Å². The van der Waals surface area contributed by atoms with Crippen molar-refractivity contribution in [1.82, 2.24) is 0 Å². The number of rotatable bonds is 12. The highest BCUT2D eigenvalue weighted by Gasteiger charge is 2.12. The first-order valence-electron chi connectivity index (χ1n) is 10.2. The van der Waals surface area contributed by atoms with Crippen LogP contribution in [0, 0.1) is 0 Å². The van der Waals surface area contributed by atoms with Crippen molar-refractivity contribution in [1.29, 1.82) is 0 Å². The van der Waals surface area contributed by atoms with Gasteiger partial charge in [0.2, 0.25) is 0 Å². The fourth-order valence-corrected chi connectivity index (χ4v) is 2.78. The molecule has 0 bridgehead atoms. The largest absolute Gasteiger partial charge is 0.465 e. The average Bonchev–Trinajstić information content (AvgIpc) is 2.75. The minimum Gasteiger partial charge on any atom is -0.465 e. The second kappa shape index (κ2) is 12.2. The summed E-state index contributed by atoms with van der Waals surface area (Å²) in [4.78, 5) is 12.0. The molecule has 0 amide bonds. The number of carbonyl (C=O) groups is 1. The van der Waals surface area contributed by atoms with Crippen molar-refractivity contribution >= 4 is 5.97 Å². The molecular weight excluding hydrogens is 352 g/mol. The predicted molar refractivity (Wildman–Crippen MR) is 112 cm³/mol. The topological polar surface area (TPSA) is 44.8 Å². The van der Waals surface area contributed by atoms with Gasteiger partial charge in [0.15, 0.2) is 6.29 Å². The van der Waals surface area contributed by atoms with Gasteiger partial charge in [-0.05, 0) is 48.6 Å². The lowest BCUT2D eigenvalue weighted by atomic mass is 9.99. The SMILES string of the molecule is CCCCC(OCCOC(=O)c1ccccc1)Oc1ccc(C(C)CC)cc1. The van der Waals surface area contributed by atoms with Crippen LogP contribution in [0.2, 0.25) is 0 Å². The predicted octanol–water partition coefficient (Wildman–Crippen LogP) is 5.97. The highest BCUT2D eigenvalue weighted by molar-refractivity contribution is 5.89. The Morgan fingerprint density at radius 1 is 0.964 bits per heavy atom. The molecule has 0 fully saturated rings. The first kappa shape index (κ1) is 22.0. The van der Waals surface area contributed by atoms with Crippen LogP contribution in [0.25, 0.3) is 0 Å². The molecule has 0 aliphatic heterocycles. The zero-order chi connectivity index (χ0) is 20.2. The summed E-state index contributed by atoms with van der Waals surface area (Å²) in [5.74, 6) is 1.01. The van der Waals surface area contributed by atoms with Crippen LogP contribution in [0.3, 0.4) is 0 Å². The molecule has 0 aliphatic rings. The van der Waals surface area contributed by atoms with Gasteiger partial charge in [-0.25, -0.2) is 4.79 Å². The lowest BCUT2D eigenvalue weighted by molar-refractivity contribution is -0.0952. The van der Waals surface area contributed by atoms with E-state index in [1.54, 1.807) is 12.1 Å². The molecule has 0 saturated carbocycles. The van der Waals surface area contributed by atoms with Crippen LogP contribution in [0.1, 0.15) is 68.3 Å². The summed E-state index contributed by atoms with van der Waals surface area (Å²) in [6.45, 7) is 7.05. The van der Waals surface area contributed by atoms with Gasteiger partial charge in [0, 0.05) is 6.42 Å². The van der Waals surface area contributed by atoms with E-state index in [4.69, 9.17) is 14.2 Å². The van der Waals surface area contributed by atoms with E-state index in [0.29, 0.717) is 18.1 Å². The van der Waals surface area contributed by atoms with E-state index in [-0.39, 0.29) is 18.9 Å². The van der Waals surface area contributed by atoms with Crippen LogP contribution >= 0.6 is 0 Å². The number of esters is 1. The number of benzene rings is 2. The molecule has 28 heavy (non-hydrogen) atoms. The summed E-state index contributed by atoms with van der Waals surface area (Å²) in [6, 6.07) is 17.2. The van der Waals surface area contributed by atoms with Gasteiger partial charge in [-0.3, -0.25) is 0 Å². The van der Waals surface area contributed by atoms with Crippen molar-refractivity contribution in [3.8, 4) is 5.75 Å². The Bertz CT molecular complexity index is 682. The molecule has 0 aliphatic carbocycles. The second-order valence-corrected chi connectivity index (χ2v) is 6.94. The molecule has 2 aromatic carbocycles. The Labute approximate surface area is 168 Å². The Hall–Kier alpha value is -2.33. The molecule has 152 valence electrons. The number of ether oxygens (including phenoxy) is 3. The maximum atomic E-state index is 12.0. The van der Waals surface area contributed by atoms with Crippen molar-refractivity contribution < 1.29 is 19.0 Å². The molecule has 0 radical (unpaired) electrons. The Morgan fingerprint density at radius 2 is 1.68 bits per heavy atom. The number of hydrogen-bond donors (Lipinski definition) is 0. The maximum Gasteiger partial charge on any atom is 0.338 e. The monoisotopic (exact) mass is 384 g/mol. The lowest BCUT2D eigenvalue weighted by Gasteiger charge is -2.20. The third-order valence-electron chi connectivity index (χ3n) is 4.75. The fourth-order valence-electron chi connectivity index (χ4n) is 2.78. The first-order valence-corrected chi connectivity index (χ1v) is 10.2. The van der Waals surface area contributed by atoms with Gasteiger partial charge in [-0.2, -0.15) is 0 Å². The molecule has 4 heteroatoms. The molecule has 0 spiro atoms. The fraction of sp³-hybridized carbons (Fsp3) is 0.458. The Kier molecular flexibility index (Phi) is 9.56. The molecule has 0 N–H and O–H groups in total. The molecule has 2 unspecified atom stereocenters. The van der Waals surface area contributed by atoms with Crippen LogP contribution in [0.4, 0.5) is 0 Å². The van der Waals surface area contributed by atoms with Gasteiger partial charge < -0.3 is 14.2 Å². The zero-order valence-corrected chi connectivity index (χ0v) is 17.2. The van der Waals surface area contributed by atoms with E-state index in [1.807, 2.05) is 30.3 Å². The van der Waals surface area contributed by atoms with Crippen LogP contribution in [-0.4, -0.2) is 25.5 Å². The maximum absolute atomic E-state index is 12.0. The molecule has 0 heterocycles. The van der Waals surface area contributed by atoms with E-state index in [9.17, 15) is 4.79 Å². The minimum atomic E-state index is -0.343. The number of hydrogen-bond acceptors (Lipinski definition) is 4. The summed E-state index contributed by atoms with van der Waals surface area (Å²) >= 11 is 0. The zero-order valence-electron chi connectivity index (χ0n) is 17.2. The minimum absolute atomic E-state index is 0.201. The summed E-state index contributed by atoms with van der Waals surface area (Å²) < 4.78 is 17.1. The number of carbonyl (C=O) groups excluding carboxylic acids is 1. The van der Waals surface area contributed by atoms with Gasteiger partial charge in [-0.1, -0.05) is 57.5 Å². The van der Waals surface area contributed by atoms with Gasteiger partial charge >= 0.3 is 5.97 Å². The molecule has 4 nitrogen and oxygen atoms in total. The van der Waals surface area contributed by atoms with Crippen molar-refractivity contribution in [2.75, 3.05) is 13.2 Å². The van der Waals surface area contributed by atoms with Crippen LogP contribution < -0.4 is 4.74 Å². The van der Waals surface area contributed by atoms with Gasteiger partial charge in [0.25, 0.3) is 0 Å². The molecule has 2 aromatic rings. The van der Waals surface area contributed by atoms with E-state index in [1.165, 1.54) is 5.56 Å². The summed E-state index contributed by atoms with van der Waals surface area (Å²) in [5.41, 5.74) is 1.86. The summed E-state index contributed by atoms with van der Waals surface area (Å²) in [6.07, 6.45) is 3.66. The van der Waals surface area contributed by atoms with E-state index in [0.717, 1.165) is 31.4 Å². The first-order chi connectivity index (χ1) is 13.6. The van der Waals surface area contributed by atoms with Crippen LogP contribution in [-0.2, 0) is 9.47 Å². The third kappa shape index (κ3) is 7.35.